The molecule has 0 aromatic carbocycles. The van der Waals surface area contributed by atoms with Crippen molar-refractivity contribution in [3.63, 3.8) is 0 Å². The van der Waals surface area contributed by atoms with E-state index in [1.807, 2.05) is 24.6 Å². The molecule has 5 nitrogen and oxygen atoms in total. The van der Waals surface area contributed by atoms with Crippen molar-refractivity contribution in [3.8, 4) is 0 Å². The summed E-state index contributed by atoms with van der Waals surface area (Å²) in [5, 5.41) is 8.26. The smallest absolute Gasteiger partial charge is 0.322 e. The SMILES string of the molecule is Cc1csc(NC(=O)N(C)Cc2csc(C)n2)n1. The van der Waals surface area contributed by atoms with Crippen LogP contribution >= 0.6 is 22.7 Å². The highest BCUT2D eigenvalue weighted by Crippen LogP contribution is 2.15. The minimum absolute atomic E-state index is 0.171. The van der Waals surface area contributed by atoms with E-state index in [-0.39, 0.29) is 6.03 Å². The molecule has 0 bridgehead atoms. The Bertz CT molecular complexity index is 549. The van der Waals surface area contributed by atoms with E-state index >= 15 is 0 Å². The summed E-state index contributed by atoms with van der Waals surface area (Å²) in [5.74, 6) is 0. The summed E-state index contributed by atoms with van der Waals surface area (Å²) in [6.07, 6.45) is 0. The van der Waals surface area contributed by atoms with E-state index in [9.17, 15) is 4.79 Å². The van der Waals surface area contributed by atoms with Crippen LogP contribution in [0.25, 0.3) is 0 Å². The summed E-state index contributed by atoms with van der Waals surface area (Å²) in [7, 11) is 1.74. The molecule has 0 spiro atoms. The van der Waals surface area contributed by atoms with Crippen molar-refractivity contribution in [3.05, 3.63) is 27.2 Å². The minimum Gasteiger partial charge on any atom is -0.322 e. The van der Waals surface area contributed by atoms with Gasteiger partial charge in [0.25, 0.3) is 0 Å². The lowest BCUT2D eigenvalue weighted by Crippen LogP contribution is -2.30. The van der Waals surface area contributed by atoms with Gasteiger partial charge in [0.15, 0.2) is 5.13 Å². The Morgan fingerprint density at radius 3 is 2.67 bits per heavy atom. The lowest BCUT2D eigenvalue weighted by Gasteiger charge is -2.15. The van der Waals surface area contributed by atoms with Gasteiger partial charge in [0.2, 0.25) is 0 Å². The van der Waals surface area contributed by atoms with Crippen molar-refractivity contribution in [2.45, 2.75) is 20.4 Å². The van der Waals surface area contributed by atoms with Gasteiger partial charge in [0, 0.05) is 17.8 Å². The zero-order valence-electron chi connectivity index (χ0n) is 10.4. The third kappa shape index (κ3) is 3.27. The highest BCUT2D eigenvalue weighted by Gasteiger charge is 2.12. The zero-order chi connectivity index (χ0) is 13.1. The van der Waals surface area contributed by atoms with E-state index in [2.05, 4.69) is 15.3 Å². The Kier molecular flexibility index (Phi) is 3.93. The van der Waals surface area contributed by atoms with Crippen LogP contribution in [-0.4, -0.2) is 27.9 Å². The van der Waals surface area contributed by atoms with Crippen LogP contribution in [0.1, 0.15) is 16.4 Å². The van der Waals surface area contributed by atoms with Crippen molar-refractivity contribution in [1.29, 1.82) is 0 Å². The van der Waals surface area contributed by atoms with E-state index in [1.54, 1.807) is 23.3 Å². The third-order valence-electron chi connectivity index (χ3n) is 2.25. The topological polar surface area (TPSA) is 58.1 Å². The number of carbonyl (C=O) groups is 1. The zero-order valence-corrected chi connectivity index (χ0v) is 12.1. The predicted octanol–water partition coefficient (Wildman–Crippen LogP) is 2.88. The van der Waals surface area contributed by atoms with Crippen LogP contribution in [0.3, 0.4) is 0 Å². The van der Waals surface area contributed by atoms with Gasteiger partial charge in [0.1, 0.15) is 0 Å². The second kappa shape index (κ2) is 5.45. The molecule has 2 rings (SSSR count). The van der Waals surface area contributed by atoms with Crippen LogP contribution in [0.4, 0.5) is 9.93 Å². The summed E-state index contributed by atoms with van der Waals surface area (Å²) in [4.78, 5) is 22.0. The molecule has 7 heteroatoms. The van der Waals surface area contributed by atoms with E-state index in [0.717, 1.165) is 16.4 Å². The molecule has 0 saturated carbocycles. The first kappa shape index (κ1) is 13.0. The number of nitrogens with one attached hydrogen (secondary N) is 1. The average Bonchev–Trinajstić information content (AvgIpc) is 2.88. The third-order valence-corrected chi connectivity index (χ3v) is 3.94. The first-order chi connectivity index (χ1) is 8.54. The molecule has 2 aromatic heterocycles. The van der Waals surface area contributed by atoms with Crippen LogP contribution in [0.15, 0.2) is 10.8 Å². The molecule has 0 fully saturated rings. The number of urea groups is 1. The van der Waals surface area contributed by atoms with Gasteiger partial charge in [-0.1, -0.05) is 0 Å². The number of aromatic nitrogens is 2. The lowest BCUT2D eigenvalue weighted by molar-refractivity contribution is 0.220. The first-order valence-corrected chi connectivity index (χ1v) is 7.16. The molecular weight excluding hydrogens is 268 g/mol. The maximum absolute atomic E-state index is 11.9. The van der Waals surface area contributed by atoms with Crippen molar-refractivity contribution in [1.82, 2.24) is 14.9 Å². The second-order valence-electron chi connectivity index (χ2n) is 3.94. The van der Waals surface area contributed by atoms with Gasteiger partial charge in [-0.15, -0.1) is 22.7 Å². The molecule has 0 atom stereocenters. The van der Waals surface area contributed by atoms with Crippen molar-refractivity contribution in [2.75, 3.05) is 12.4 Å². The molecule has 0 aliphatic rings. The van der Waals surface area contributed by atoms with Gasteiger partial charge in [-0.25, -0.2) is 14.8 Å². The fourth-order valence-electron chi connectivity index (χ4n) is 1.39. The number of anilines is 1. The Labute approximate surface area is 114 Å². The van der Waals surface area contributed by atoms with Crippen LogP contribution in [0.5, 0.6) is 0 Å². The maximum Gasteiger partial charge on any atom is 0.323 e. The van der Waals surface area contributed by atoms with Gasteiger partial charge in [-0.3, -0.25) is 5.32 Å². The van der Waals surface area contributed by atoms with E-state index < -0.39 is 0 Å². The average molecular weight is 282 g/mol. The number of amides is 2. The maximum atomic E-state index is 11.9. The predicted molar refractivity (Wildman–Crippen MR) is 74.2 cm³/mol. The summed E-state index contributed by atoms with van der Waals surface area (Å²) in [6, 6.07) is -0.171. The highest BCUT2D eigenvalue weighted by atomic mass is 32.1. The Balaban J connectivity index is 1.92. The number of rotatable bonds is 3. The van der Waals surface area contributed by atoms with Crippen molar-refractivity contribution in [2.24, 2.45) is 0 Å². The number of hydrogen-bond acceptors (Lipinski definition) is 5. The molecule has 0 aliphatic carbocycles. The van der Waals surface area contributed by atoms with E-state index in [0.29, 0.717) is 11.7 Å². The molecule has 2 aromatic rings. The standard InChI is InChI=1S/C11H14N4OS2/c1-7-5-18-10(12-7)14-11(16)15(3)4-9-6-17-8(2)13-9/h5-6H,4H2,1-3H3,(H,12,14,16). The summed E-state index contributed by atoms with van der Waals surface area (Å²) < 4.78 is 0. The number of nitrogens with zero attached hydrogens (tertiary/aromatic N) is 3. The fraction of sp³-hybridized carbons (Fsp3) is 0.364. The second-order valence-corrected chi connectivity index (χ2v) is 5.86. The van der Waals surface area contributed by atoms with E-state index in [1.165, 1.54) is 11.3 Å². The number of thiazole rings is 2. The highest BCUT2D eigenvalue weighted by molar-refractivity contribution is 7.13. The van der Waals surface area contributed by atoms with Crippen LogP contribution in [0, 0.1) is 13.8 Å². The molecule has 0 aliphatic heterocycles. The molecule has 2 heterocycles. The van der Waals surface area contributed by atoms with Crippen molar-refractivity contribution >= 4 is 33.8 Å². The van der Waals surface area contributed by atoms with Gasteiger partial charge in [-0.2, -0.15) is 0 Å². The fourth-order valence-corrected chi connectivity index (χ4v) is 2.68. The number of carbonyl (C=O) groups excluding carboxylic acids is 1. The molecule has 18 heavy (non-hydrogen) atoms. The summed E-state index contributed by atoms with van der Waals surface area (Å²) >= 11 is 3.01. The molecule has 1 N–H and O–H groups in total. The number of hydrogen-bond donors (Lipinski definition) is 1. The monoisotopic (exact) mass is 282 g/mol. The van der Waals surface area contributed by atoms with Gasteiger partial charge >= 0.3 is 6.03 Å². The minimum atomic E-state index is -0.171. The lowest BCUT2D eigenvalue weighted by atomic mass is 10.4. The largest absolute Gasteiger partial charge is 0.323 e. The molecule has 0 unspecified atom stereocenters. The Morgan fingerprint density at radius 1 is 1.33 bits per heavy atom. The molecule has 0 radical (unpaired) electrons. The summed E-state index contributed by atoms with van der Waals surface area (Å²) in [6.45, 7) is 4.35. The summed E-state index contributed by atoms with van der Waals surface area (Å²) in [5.41, 5.74) is 1.82. The Hall–Kier alpha value is -1.47. The molecule has 0 saturated heterocycles. The Morgan fingerprint density at radius 2 is 2.11 bits per heavy atom. The van der Waals surface area contributed by atoms with Gasteiger partial charge < -0.3 is 4.90 Å². The normalized spacial score (nSPS) is 10.4. The molecular formula is C11H14N4OS2. The number of aryl methyl sites for hydroxylation is 2. The first-order valence-electron chi connectivity index (χ1n) is 5.40. The van der Waals surface area contributed by atoms with Crippen molar-refractivity contribution < 1.29 is 4.79 Å². The quantitative estimate of drug-likeness (QED) is 0.941. The van der Waals surface area contributed by atoms with Crippen LogP contribution in [0.2, 0.25) is 0 Å². The van der Waals surface area contributed by atoms with E-state index in [4.69, 9.17) is 0 Å². The molecule has 96 valence electrons. The van der Waals surface area contributed by atoms with Crippen LogP contribution < -0.4 is 5.32 Å². The van der Waals surface area contributed by atoms with Gasteiger partial charge in [-0.05, 0) is 13.8 Å². The van der Waals surface area contributed by atoms with Crippen LogP contribution in [-0.2, 0) is 6.54 Å². The van der Waals surface area contributed by atoms with Gasteiger partial charge in [0.05, 0.1) is 22.9 Å². The molecule has 2 amide bonds.